The van der Waals surface area contributed by atoms with E-state index in [-0.39, 0.29) is 11.7 Å². The number of aryl methyl sites for hydroxylation is 1. The molecule has 0 bridgehead atoms. The van der Waals surface area contributed by atoms with E-state index in [4.69, 9.17) is 11.6 Å². The summed E-state index contributed by atoms with van der Waals surface area (Å²) in [5, 5.41) is 14.6. The zero-order valence-electron chi connectivity index (χ0n) is 10.5. The predicted octanol–water partition coefficient (Wildman–Crippen LogP) is 3.74. The molecule has 0 saturated heterocycles. The molecular formula is C14H12ClN3O2. The molecule has 1 aromatic heterocycles. The minimum absolute atomic E-state index is 0.0242. The Bertz CT molecular complexity index is 675. The third-order valence-electron chi connectivity index (χ3n) is 3.45. The third kappa shape index (κ3) is 2.32. The second-order valence-electron chi connectivity index (χ2n) is 4.70. The Kier molecular flexibility index (Phi) is 3.28. The summed E-state index contributed by atoms with van der Waals surface area (Å²) in [6, 6.07) is 8.42. The molecule has 0 radical (unpaired) electrons. The van der Waals surface area contributed by atoms with Crippen LogP contribution in [-0.2, 0) is 6.42 Å². The van der Waals surface area contributed by atoms with Gasteiger partial charge in [-0.25, -0.2) is 0 Å². The average molecular weight is 290 g/mol. The van der Waals surface area contributed by atoms with E-state index >= 15 is 0 Å². The largest absolute Gasteiger partial charge is 0.375 e. The first-order valence-corrected chi connectivity index (χ1v) is 6.67. The van der Waals surface area contributed by atoms with E-state index in [0.717, 1.165) is 18.5 Å². The number of nitro benzene ring substituents is 1. The smallest absolute Gasteiger partial charge is 0.271 e. The fourth-order valence-electron chi connectivity index (χ4n) is 2.48. The van der Waals surface area contributed by atoms with Crippen LogP contribution in [0.5, 0.6) is 0 Å². The standard InChI is InChI=1S/C14H12ClN3O2/c15-11-5-4-10(18(19)20)8-13(11)17-12-6-3-9-2-1-7-16-14(9)12/h1-2,4-5,7-8,12,17H,3,6H2. The summed E-state index contributed by atoms with van der Waals surface area (Å²) in [5.74, 6) is 0. The molecule has 5 nitrogen and oxygen atoms in total. The second-order valence-corrected chi connectivity index (χ2v) is 5.11. The van der Waals surface area contributed by atoms with Crippen molar-refractivity contribution in [1.82, 2.24) is 4.98 Å². The number of fused-ring (bicyclic) bond motifs is 1. The van der Waals surface area contributed by atoms with Crippen molar-refractivity contribution in [2.24, 2.45) is 0 Å². The van der Waals surface area contributed by atoms with Crippen molar-refractivity contribution < 1.29 is 4.92 Å². The van der Waals surface area contributed by atoms with Gasteiger partial charge in [0.1, 0.15) is 0 Å². The molecule has 102 valence electrons. The maximum atomic E-state index is 10.8. The lowest BCUT2D eigenvalue weighted by atomic mass is 10.2. The fourth-order valence-corrected chi connectivity index (χ4v) is 2.65. The van der Waals surface area contributed by atoms with Gasteiger partial charge in [-0.3, -0.25) is 15.1 Å². The Labute approximate surface area is 120 Å². The van der Waals surface area contributed by atoms with E-state index in [0.29, 0.717) is 10.7 Å². The molecule has 1 aromatic carbocycles. The highest BCUT2D eigenvalue weighted by molar-refractivity contribution is 6.33. The summed E-state index contributed by atoms with van der Waals surface area (Å²) in [7, 11) is 0. The summed E-state index contributed by atoms with van der Waals surface area (Å²) in [6.45, 7) is 0. The number of nitro groups is 1. The van der Waals surface area contributed by atoms with Crippen LogP contribution >= 0.6 is 11.6 Å². The van der Waals surface area contributed by atoms with Crippen LogP contribution in [0.1, 0.15) is 23.7 Å². The van der Waals surface area contributed by atoms with E-state index < -0.39 is 4.92 Å². The molecule has 1 heterocycles. The molecule has 0 fully saturated rings. The lowest BCUT2D eigenvalue weighted by molar-refractivity contribution is -0.384. The van der Waals surface area contributed by atoms with Gasteiger partial charge in [-0.1, -0.05) is 17.7 Å². The van der Waals surface area contributed by atoms with Gasteiger partial charge >= 0.3 is 0 Å². The van der Waals surface area contributed by atoms with Gasteiger partial charge in [-0.2, -0.15) is 0 Å². The van der Waals surface area contributed by atoms with Crippen LogP contribution in [0.2, 0.25) is 5.02 Å². The Morgan fingerprint density at radius 1 is 1.40 bits per heavy atom. The number of nitrogens with zero attached hydrogens (tertiary/aromatic N) is 2. The second kappa shape index (κ2) is 5.09. The van der Waals surface area contributed by atoms with Crippen molar-refractivity contribution in [2.45, 2.75) is 18.9 Å². The van der Waals surface area contributed by atoms with E-state index in [1.165, 1.54) is 23.8 Å². The number of non-ortho nitro benzene ring substituents is 1. The first-order chi connectivity index (χ1) is 9.65. The molecule has 0 aliphatic heterocycles. The molecule has 3 rings (SSSR count). The minimum Gasteiger partial charge on any atom is -0.375 e. The Hall–Kier alpha value is -2.14. The molecule has 0 spiro atoms. The third-order valence-corrected chi connectivity index (χ3v) is 3.78. The topological polar surface area (TPSA) is 68.1 Å². The molecule has 1 unspecified atom stereocenters. The average Bonchev–Trinajstić information content (AvgIpc) is 2.84. The molecule has 20 heavy (non-hydrogen) atoms. The van der Waals surface area contributed by atoms with Gasteiger partial charge < -0.3 is 5.32 Å². The number of pyridine rings is 1. The van der Waals surface area contributed by atoms with Crippen molar-refractivity contribution in [3.05, 3.63) is 62.9 Å². The van der Waals surface area contributed by atoms with Gasteiger partial charge in [0.15, 0.2) is 0 Å². The molecule has 0 saturated carbocycles. The zero-order valence-corrected chi connectivity index (χ0v) is 11.3. The Morgan fingerprint density at radius 2 is 2.25 bits per heavy atom. The molecule has 1 atom stereocenters. The van der Waals surface area contributed by atoms with Crippen molar-refractivity contribution in [3.63, 3.8) is 0 Å². The lowest BCUT2D eigenvalue weighted by Crippen LogP contribution is -2.09. The monoisotopic (exact) mass is 289 g/mol. The highest BCUT2D eigenvalue weighted by Gasteiger charge is 2.24. The van der Waals surface area contributed by atoms with Gasteiger partial charge in [0.2, 0.25) is 0 Å². The van der Waals surface area contributed by atoms with Gasteiger partial charge in [0.25, 0.3) is 5.69 Å². The highest BCUT2D eigenvalue weighted by Crippen LogP contribution is 2.35. The van der Waals surface area contributed by atoms with Crippen molar-refractivity contribution in [2.75, 3.05) is 5.32 Å². The van der Waals surface area contributed by atoms with Crippen LogP contribution in [0.15, 0.2) is 36.5 Å². The summed E-state index contributed by atoms with van der Waals surface area (Å²) in [6.07, 6.45) is 3.62. The molecule has 1 aliphatic rings. The summed E-state index contributed by atoms with van der Waals surface area (Å²) >= 11 is 6.10. The molecule has 6 heteroatoms. The van der Waals surface area contributed by atoms with E-state index in [9.17, 15) is 10.1 Å². The first kappa shape index (κ1) is 12.9. The van der Waals surface area contributed by atoms with Gasteiger partial charge in [-0.15, -0.1) is 0 Å². The molecule has 2 aromatic rings. The summed E-state index contributed by atoms with van der Waals surface area (Å²) < 4.78 is 0. The number of aromatic nitrogens is 1. The van der Waals surface area contributed by atoms with Crippen molar-refractivity contribution >= 4 is 23.0 Å². The molecule has 1 aliphatic carbocycles. The van der Waals surface area contributed by atoms with Crippen molar-refractivity contribution in [3.8, 4) is 0 Å². The number of hydrogen-bond acceptors (Lipinski definition) is 4. The molecule has 1 N–H and O–H groups in total. The van der Waals surface area contributed by atoms with Crippen LogP contribution in [0.3, 0.4) is 0 Å². The molecule has 0 amide bonds. The maximum absolute atomic E-state index is 10.8. The number of benzene rings is 1. The Morgan fingerprint density at radius 3 is 3.05 bits per heavy atom. The van der Waals surface area contributed by atoms with Crippen molar-refractivity contribution in [1.29, 1.82) is 0 Å². The number of hydrogen-bond donors (Lipinski definition) is 1. The summed E-state index contributed by atoms with van der Waals surface area (Å²) in [5.41, 5.74) is 2.81. The maximum Gasteiger partial charge on any atom is 0.271 e. The minimum atomic E-state index is -0.428. The van der Waals surface area contributed by atoms with Gasteiger partial charge in [0, 0.05) is 18.3 Å². The number of anilines is 1. The van der Waals surface area contributed by atoms with E-state index in [2.05, 4.69) is 16.4 Å². The SMILES string of the molecule is O=[N+]([O-])c1ccc(Cl)c(NC2CCc3cccnc32)c1. The number of halogens is 1. The quantitative estimate of drug-likeness (QED) is 0.690. The van der Waals surface area contributed by atoms with Gasteiger partial charge in [0.05, 0.1) is 27.4 Å². The Balaban J connectivity index is 1.89. The predicted molar refractivity (Wildman–Crippen MR) is 77.0 cm³/mol. The normalized spacial score (nSPS) is 16.8. The van der Waals surface area contributed by atoms with Crippen LogP contribution in [0, 0.1) is 10.1 Å². The van der Waals surface area contributed by atoms with Crippen LogP contribution in [-0.4, -0.2) is 9.91 Å². The molecular weight excluding hydrogens is 278 g/mol. The van der Waals surface area contributed by atoms with E-state index in [1.807, 2.05) is 6.07 Å². The van der Waals surface area contributed by atoms with E-state index in [1.54, 1.807) is 6.20 Å². The van der Waals surface area contributed by atoms with Crippen LogP contribution in [0.4, 0.5) is 11.4 Å². The fraction of sp³-hybridized carbons (Fsp3) is 0.214. The highest BCUT2D eigenvalue weighted by atomic mass is 35.5. The first-order valence-electron chi connectivity index (χ1n) is 6.29. The lowest BCUT2D eigenvalue weighted by Gasteiger charge is -2.15. The van der Waals surface area contributed by atoms with Crippen LogP contribution in [0.25, 0.3) is 0 Å². The van der Waals surface area contributed by atoms with Crippen LogP contribution < -0.4 is 5.32 Å². The van der Waals surface area contributed by atoms with Gasteiger partial charge in [-0.05, 0) is 30.5 Å². The number of rotatable bonds is 3. The zero-order chi connectivity index (χ0) is 14.1. The summed E-state index contributed by atoms with van der Waals surface area (Å²) in [4.78, 5) is 14.8. The number of nitrogens with one attached hydrogen (secondary N) is 1.